The third kappa shape index (κ3) is 5.10. The van der Waals surface area contributed by atoms with Crippen LogP contribution in [0.1, 0.15) is 20.3 Å². The molecule has 0 spiro atoms. The Morgan fingerprint density at radius 1 is 1.21 bits per heavy atom. The third-order valence-electron chi connectivity index (χ3n) is 4.48. The van der Waals surface area contributed by atoms with Gasteiger partial charge >= 0.3 is 5.69 Å². The van der Waals surface area contributed by atoms with Gasteiger partial charge in [0.2, 0.25) is 0 Å². The molecule has 9 heteroatoms. The van der Waals surface area contributed by atoms with E-state index < -0.39 is 17.4 Å². The van der Waals surface area contributed by atoms with Gasteiger partial charge in [-0.15, -0.1) is 11.8 Å². The molecule has 1 unspecified atom stereocenters. The lowest BCUT2D eigenvalue weighted by atomic mass is 10.2. The summed E-state index contributed by atoms with van der Waals surface area (Å²) in [6.07, 6.45) is 0.118. The number of nitrogens with one attached hydrogen (secondary N) is 1. The molecular formula is C20H26N4O4S. The highest BCUT2D eigenvalue weighted by Crippen LogP contribution is 2.26. The van der Waals surface area contributed by atoms with Crippen LogP contribution in [0.25, 0.3) is 11.0 Å². The van der Waals surface area contributed by atoms with Gasteiger partial charge in [-0.2, -0.15) is 5.10 Å². The number of hydrogen-bond donors (Lipinski definition) is 2. The zero-order valence-electron chi connectivity index (χ0n) is 16.8. The van der Waals surface area contributed by atoms with E-state index in [1.807, 2.05) is 18.2 Å². The maximum atomic E-state index is 12.5. The van der Waals surface area contributed by atoms with E-state index in [9.17, 15) is 14.7 Å². The molecule has 8 nitrogen and oxygen atoms in total. The molecule has 0 fully saturated rings. The van der Waals surface area contributed by atoms with Crippen LogP contribution in [0.2, 0.25) is 0 Å². The Hall–Kier alpha value is -2.52. The Morgan fingerprint density at radius 3 is 2.62 bits per heavy atom. The van der Waals surface area contributed by atoms with Crippen molar-refractivity contribution in [1.82, 2.24) is 19.3 Å². The molecule has 0 saturated heterocycles. The van der Waals surface area contributed by atoms with Crippen LogP contribution in [0.3, 0.4) is 0 Å². The van der Waals surface area contributed by atoms with Gasteiger partial charge in [0, 0.05) is 7.05 Å². The fourth-order valence-electron chi connectivity index (χ4n) is 2.88. The van der Waals surface area contributed by atoms with Gasteiger partial charge in [0.05, 0.1) is 6.54 Å². The standard InChI is InChI=1S/C20H26N4O4S/c1-13(2)9-10-29-19-17-16(18(26)21-20(27)23(17)3)24(22-19)11-14(25)12-28-15-7-5-4-6-8-15/h4-8,13-14,25H,9-12H2,1-3H3,(H,21,26,27). The zero-order valence-corrected chi connectivity index (χ0v) is 17.6. The first-order valence-corrected chi connectivity index (χ1v) is 10.5. The van der Waals surface area contributed by atoms with E-state index in [-0.39, 0.29) is 18.7 Å². The molecule has 1 atom stereocenters. The average molecular weight is 419 g/mol. The fraction of sp³-hybridized carbons (Fsp3) is 0.450. The van der Waals surface area contributed by atoms with Gasteiger partial charge in [-0.05, 0) is 30.2 Å². The summed E-state index contributed by atoms with van der Waals surface area (Å²) in [5.41, 5.74) is -0.232. The number of H-pyrrole nitrogens is 1. The molecule has 0 aliphatic rings. The van der Waals surface area contributed by atoms with E-state index in [2.05, 4.69) is 23.9 Å². The Bertz CT molecular complexity index is 1070. The summed E-state index contributed by atoms with van der Waals surface area (Å²) in [6.45, 7) is 4.42. The molecule has 0 radical (unpaired) electrons. The van der Waals surface area contributed by atoms with Crippen molar-refractivity contribution in [2.45, 2.75) is 37.9 Å². The number of thioether (sulfide) groups is 1. The lowest BCUT2D eigenvalue weighted by Gasteiger charge is -2.13. The number of benzene rings is 1. The Morgan fingerprint density at radius 2 is 1.93 bits per heavy atom. The van der Waals surface area contributed by atoms with Gasteiger partial charge in [-0.3, -0.25) is 19.0 Å². The molecule has 0 saturated carbocycles. The van der Waals surface area contributed by atoms with E-state index in [1.165, 1.54) is 21.0 Å². The number of aliphatic hydroxyl groups is 1. The number of para-hydroxylation sites is 1. The molecule has 0 bridgehead atoms. The minimum atomic E-state index is -0.872. The van der Waals surface area contributed by atoms with Gasteiger partial charge < -0.3 is 9.84 Å². The molecule has 0 aliphatic heterocycles. The van der Waals surface area contributed by atoms with Crippen LogP contribution in [0.5, 0.6) is 5.75 Å². The molecule has 3 aromatic rings. The van der Waals surface area contributed by atoms with Crippen molar-refractivity contribution in [2.24, 2.45) is 13.0 Å². The molecule has 2 aromatic heterocycles. The molecule has 156 valence electrons. The summed E-state index contributed by atoms with van der Waals surface area (Å²) in [6, 6.07) is 9.20. The smallest absolute Gasteiger partial charge is 0.328 e. The number of rotatable bonds is 9. The van der Waals surface area contributed by atoms with E-state index >= 15 is 0 Å². The highest BCUT2D eigenvalue weighted by Gasteiger charge is 2.20. The predicted octanol–water partition coefficient (Wildman–Crippen LogP) is 2.00. The topological polar surface area (TPSA) is 102 Å². The highest BCUT2D eigenvalue weighted by molar-refractivity contribution is 7.99. The second-order valence-corrected chi connectivity index (χ2v) is 8.40. The molecule has 2 heterocycles. The monoisotopic (exact) mass is 418 g/mol. The number of fused-ring (bicyclic) bond motifs is 1. The average Bonchev–Trinajstić information content (AvgIpc) is 3.03. The fourth-order valence-corrected chi connectivity index (χ4v) is 4.19. The molecule has 0 aliphatic carbocycles. The molecule has 1 aromatic carbocycles. The zero-order chi connectivity index (χ0) is 21.0. The first-order chi connectivity index (χ1) is 13.9. The van der Waals surface area contributed by atoms with E-state index in [4.69, 9.17) is 4.74 Å². The number of ether oxygens (including phenoxy) is 1. The van der Waals surface area contributed by atoms with Gasteiger partial charge in [0.1, 0.15) is 29.0 Å². The summed E-state index contributed by atoms with van der Waals surface area (Å²) >= 11 is 1.51. The van der Waals surface area contributed by atoms with Gasteiger partial charge in [0.25, 0.3) is 5.56 Å². The lowest BCUT2D eigenvalue weighted by Crippen LogP contribution is -2.30. The van der Waals surface area contributed by atoms with Gasteiger partial charge in [-0.25, -0.2) is 4.79 Å². The third-order valence-corrected chi connectivity index (χ3v) is 5.46. The van der Waals surface area contributed by atoms with Crippen LogP contribution < -0.4 is 16.0 Å². The van der Waals surface area contributed by atoms with Gasteiger partial charge in [-0.1, -0.05) is 32.0 Å². The van der Waals surface area contributed by atoms with Crippen molar-refractivity contribution in [3.63, 3.8) is 0 Å². The van der Waals surface area contributed by atoms with Gasteiger partial charge in [0.15, 0.2) is 5.52 Å². The number of aromatic amines is 1. The summed E-state index contributed by atoms with van der Waals surface area (Å²) < 4.78 is 8.44. The summed E-state index contributed by atoms with van der Waals surface area (Å²) in [5, 5.41) is 15.6. The van der Waals surface area contributed by atoms with Crippen molar-refractivity contribution < 1.29 is 9.84 Å². The first kappa shape index (κ1) is 21.2. The van der Waals surface area contributed by atoms with Crippen LogP contribution in [0.15, 0.2) is 44.9 Å². The Kier molecular flexibility index (Phi) is 6.81. The van der Waals surface area contributed by atoms with Crippen LogP contribution in [-0.2, 0) is 13.6 Å². The number of aliphatic hydroxyl groups excluding tert-OH is 1. The molecular weight excluding hydrogens is 392 g/mol. The number of nitrogens with zero attached hydrogens (tertiary/aromatic N) is 3. The molecule has 0 amide bonds. The van der Waals surface area contributed by atoms with Crippen LogP contribution >= 0.6 is 11.8 Å². The van der Waals surface area contributed by atoms with Crippen molar-refractivity contribution >= 4 is 22.8 Å². The molecule has 3 rings (SSSR count). The Balaban J connectivity index is 1.85. The summed E-state index contributed by atoms with van der Waals surface area (Å²) in [4.78, 5) is 26.9. The normalized spacial score (nSPS) is 12.6. The number of hydrogen-bond acceptors (Lipinski definition) is 6. The van der Waals surface area contributed by atoms with E-state index in [0.29, 0.717) is 22.2 Å². The molecule has 2 N–H and O–H groups in total. The first-order valence-electron chi connectivity index (χ1n) is 9.55. The van der Waals surface area contributed by atoms with Crippen LogP contribution in [-0.4, -0.2) is 42.9 Å². The summed E-state index contributed by atoms with van der Waals surface area (Å²) in [5.74, 6) is 2.02. The van der Waals surface area contributed by atoms with Crippen molar-refractivity contribution in [3.8, 4) is 5.75 Å². The number of aryl methyl sites for hydroxylation is 1. The lowest BCUT2D eigenvalue weighted by molar-refractivity contribution is 0.0901. The highest BCUT2D eigenvalue weighted by atomic mass is 32.2. The van der Waals surface area contributed by atoms with E-state index in [0.717, 1.165) is 12.2 Å². The summed E-state index contributed by atoms with van der Waals surface area (Å²) in [7, 11) is 1.61. The quantitative estimate of drug-likeness (QED) is 0.516. The Labute approximate surface area is 172 Å². The molecule has 29 heavy (non-hydrogen) atoms. The van der Waals surface area contributed by atoms with Crippen molar-refractivity contribution in [3.05, 3.63) is 51.2 Å². The van der Waals surface area contributed by atoms with Crippen LogP contribution in [0.4, 0.5) is 0 Å². The van der Waals surface area contributed by atoms with Crippen LogP contribution in [0, 0.1) is 5.92 Å². The minimum Gasteiger partial charge on any atom is -0.491 e. The largest absolute Gasteiger partial charge is 0.491 e. The maximum absolute atomic E-state index is 12.5. The number of aromatic nitrogens is 4. The maximum Gasteiger partial charge on any atom is 0.328 e. The van der Waals surface area contributed by atoms with Crippen molar-refractivity contribution in [1.29, 1.82) is 0 Å². The van der Waals surface area contributed by atoms with E-state index in [1.54, 1.807) is 19.2 Å². The predicted molar refractivity (Wildman–Crippen MR) is 114 cm³/mol. The second kappa shape index (κ2) is 9.32. The SMILES string of the molecule is CC(C)CCSc1nn(CC(O)COc2ccccc2)c2c(=O)[nH]c(=O)n(C)c12. The van der Waals surface area contributed by atoms with Crippen molar-refractivity contribution in [2.75, 3.05) is 12.4 Å². The second-order valence-electron chi connectivity index (χ2n) is 7.31. The minimum absolute atomic E-state index is 0.0604.